The Hall–Kier alpha value is -1.21. The zero-order valence-corrected chi connectivity index (χ0v) is 18.3. The molecule has 0 spiro atoms. The molecule has 0 N–H and O–H groups in total. The summed E-state index contributed by atoms with van der Waals surface area (Å²) in [4.78, 5) is 35.0. The fourth-order valence-corrected chi connectivity index (χ4v) is 2.19. The van der Waals surface area contributed by atoms with Crippen LogP contribution in [-0.2, 0) is 14.4 Å². The van der Waals surface area contributed by atoms with Crippen LogP contribution in [0.5, 0.6) is 11.5 Å². The van der Waals surface area contributed by atoms with E-state index >= 15 is 0 Å². The first-order valence-corrected chi connectivity index (χ1v) is 7.27. The Balaban J connectivity index is 0.00000576. The normalized spacial score (nSPS) is 10.2. The maximum absolute atomic E-state index is 11.7. The Kier molecular flexibility index (Phi) is 11.6. The van der Waals surface area contributed by atoms with Gasteiger partial charge in [0.05, 0.1) is 25.6 Å². The first kappa shape index (κ1) is 23.8. The fourth-order valence-electron chi connectivity index (χ4n) is 2.19. The van der Waals surface area contributed by atoms with Gasteiger partial charge in [0.1, 0.15) is 17.4 Å². The van der Waals surface area contributed by atoms with E-state index in [-0.39, 0.29) is 75.8 Å². The quantitative estimate of drug-likeness (QED) is 0.245. The molecule has 0 fully saturated rings. The largest absolute Gasteiger partial charge is 1.00 e. The topological polar surface area (TPSA) is 72.9 Å². The van der Waals surface area contributed by atoms with E-state index in [0.29, 0.717) is 22.8 Å². The molecule has 0 aliphatic heterocycles. The molecule has 0 amide bonds. The van der Waals surface area contributed by atoms with Crippen LogP contribution in [0.4, 0.5) is 0 Å². The minimum absolute atomic E-state index is 0. The molecule has 0 heterocycles. The molecular weight excluding hydrogens is 349 g/mol. The number of benzene rings is 1. The van der Waals surface area contributed by atoms with Gasteiger partial charge < -0.3 is 19.2 Å². The summed E-state index contributed by atoms with van der Waals surface area (Å²) in [5.41, 5.74) is 1.28. The van der Waals surface area contributed by atoms with Crippen molar-refractivity contribution in [2.75, 3.05) is 20.8 Å². The SMILES string of the molecule is COc1ccc(/C(=C/C(C)=O)N(CC[C-]=O)C(C)=C=O)c(OC)c1.[K+]. The Labute approximate surface area is 190 Å². The van der Waals surface area contributed by atoms with Crippen molar-refractivity contribution in [1.29, 1.82) is 0 Å². The molecule has 0 bridgehead atoms. The van der Waals surface area contributed by atoms with Crippen LogP contribution in [0.3, 0.4) is 0 Å². The molecule has 25 heavy (non-hydrogen) atoms. The van der Waals surface area contributed by atoms with Crippen LogP contribution in [0.2, 0.25) is 0 Å². The van der Waals surface area contributed by atoms with Crippen LogP contribution < -0.4 is 60.9 Å². The van der Waals surface area contributed by atoms with E-state index in [1.165, 1.54) is 27.2 Å². The van der Waals surface area contributed by atoms with Crippen molar-refractivity contribution in [3.05, 3.63) is 35.5 Å². The van der Waals surface area contributed by atoms with E-state index in [1.54, 1.807) is 42.3 Å². The summed E-state index contributed by atoms with van der Waals surface area (Å²) < 4.78 is 10.5. The van der Waals surface area contributed by atoms with Gasteiger partial charge in [0.25, 0.3) is 0 Å². The molecule has 0 saturated heterocycles. The molecule has 6 nitrogen and oxygen atoms in total. The molecule has 1 aromatic rings. The number of hydrogen-bond donors (Lipinski definition) is 0. The summed E-state index contributed by atoms with van der Waals surface area (Å²) in [6, 6.07) is 5.12. The summed E-state index contributed by atoms with van der Waals surface area (Å²) in [6.45, 7) is 3.15. The third-order valence-corrected chi connectivity index (χ3v) is 3.31. The van der Waals surface area contributed by atoms with E-state index in [1.807, 2.05) is 0 Å². The minimum Gasteiger partial charge on any atom is -0.542 e. The van der Waals surface area contributed by atoms with E-state index in [4.69, 9.17) is 9.47 Å². The predicted octanol–water partition coefficient (Wildman–Crippen LogP) is -0.825. The molecule has 0 unspecified atom stereocenters. The third kappa shape index (κ3) is 6.90. The predicted molar refractivity (Wildman–Crippen MR) is 90.1 cm³/mol. The summed E-state index contributed by atoms with van der Waals surface area (Å²) in [6.07, 6.45) is 3.25. The van der Waals surface area contributed by atoms with Crippen LogP contribution in [0, 0.1) is 0 Å². The monoisotopic (exact) mass is 369 g/mol. The average Bonchev–Trinajstić information content (AvgIpc) is 2.59. The van der Waals surface area contributed by atoms with Crippen molar-refractivity contribution in [2.24, 2.45) is 0 Å². The van der Waals surface area contributed by atoms with E-state index in [2.05, 4.69) is 0 Å². The standard InChI is InChI=1S/C18H20NO5.K/c1-13(12-21)19(8-5-9-20)17(10-14(2)22)16-7-6-15(23-3)11-18(16)24-4;/h6-7,10-11H,5,8H2,1-4H3;/q-1;+1/b17-10-;. The molecule has 0 aliphatic carbocycles. The number of carbonyl (C=O) groups excluding carboxylic acids is 3. The molecule has 1 rings (SSSR count). The number of rotatable bonds is 9. The van der Waals surface area contributed by atoms with Gasteiger partial charge in [-0.2, -0.15) is 0 Å². The number of ketones is 1. The number of ether oxygens (including phenoxy) is 2. The molecular formula is C18H20KNO5. The molecule has 7 heteroatoms. The molecule has 0 aromatic heterocycles. The van der Waals surface area contributed by atoms with Crippen molar-refractivity contribution >= 4 is 23.7 Å². The van der Waals surface area contributed by atoms with Gasteiger partial charge in [0, 0.05) is 17.7 Å². The van der Waals surface area contributed by atoms with Gasteiger partial charge in [-0.25, -0.2) is 4.79 Å². The van der Waals surface area contributed by atoms with Crippen LogP contribution in [0.25, 0.3) is 5.70 Å². The zero-order chi connectivity index (χ0) is 18.1. The molecule has 128 valence electrons. The molecule has 0 aliphatic rings. The number of hydrogen-bond acceptors (Lipinski definition) is 6. The maximum atomic E-state index is 11.7. The van der Waals surface area contributed by atoms with Crippen LogP contribution in [0.1, 0.15) is 25.8 Å². The summed E-state index contributed by atoms with van der Waals surface area (Å²) in [7, 11) is 3.03. The minimum atomic E-state index is -0.207. The number of nitrogens with zero attached hydrogens (tertiary/aromatic N) is 1. The summed E-state index contributed by atoms with van der Waals surface area (Å²) >= 11 is 0. The van der Waals surface area contributed by atoms with Crippen LogP contribution >= 0.6 is 0 Å². The Morgan fingerprint density at radius 1 is 1.28 bits per heavy atom. The van der Waals surface area contributed by atoms with Crippen molar-refractivity contribution in [2.45, 2.75) is 20.3 Å². The van der Waals surface area contributed by atoms with Crippen molar-refractivity contribution in [3.8, 4) is 11.5 Å². The van der Waals surface area contributed by atoms with Crippen molar-refractivity contribution in [1.82, 2.24) is 4.90 Å². The van der Waals surface area contributed by atoms with E-state index < -0.39 is 0 Å². The van der Waals surface area contributed by atoms with Gasteiger partial charge in [-0.15, -0.1) is 6.42 Å². The first-order valence-electron chi connectivity index (χ1n) is 7.27. The van der Waals surface area contributed by atoms with Crippen molar-refractivity contribution in [3.63, 3.8) is 0 Å². The average molecular weight is 369 g/mol. The smallest absolute Gasteiger partial charge is 0.542 e. The Morgan fingerprint density at radius 2 is 1.96 bits per heavy atom. The van der Waals surface area contributed by atoms with Crippen LogP contribution in [0.15, 0.2) is 30.0 Å². The Bertz CT molecular complexity index is 693. The second-order valence-electron chi connectivity index (χ2n) is 4.94. The number of methoxy groups -OCH3 is 2. The number of carbonyl (C=O) groups is 1. The van der Waals surface area contributed by atoms with Crippen LogP contribution in [-0.4, -0.2) is 43.7 Å². The molecule has 0 radical (unpaired) electrons. The molecule has 1 aromatic carbocycles. The first-order chi connectivity index (χ1) is 11.5. The maximum Gasteiger partial charge on any atom is 1.00 e. The summed E-state index contributed by atoms with van der Waals surface area (Å²) in [5, 5.41) is 0. The van der Waals surface area contributed by atoms with Gasteiger partial charge in [-0.05, 0) is 32.5 Å². The van der Waals surface area contributed by atoms with E-state index in [0.717, 1.165) is 0 Å². The van der Waals surface area contributed by atoms with Gasteiger partial charge in [-0.1, -0.05) is 0 Å². The van der Waals surface area contributed by atoms with Gasteiger partial charge >= 0.3 is 51.4 Å². The second-order valence-corrected chi connectivity index (χ2v) is 4.94. The Morgan fingerprint density at radius 3 is 2.44 bits per heavy atom. The van der Waals surface area contributed by atoms with E-state index in [9.17, 15) is 14.4 Å². The third-order valence-electron chi connectivity index (χ3n) is 3.31. The molecule has 0 saturated carbocycles. The van der Waals surface area contributed by atoms with Gasteiger partial charge in [0.2, 0.25) is 0 Å². The fraction of sp³-hybridized carbons (Fsp3) is 0.333. The second kappa shape index (κ2) is 12.2. The van der Waals surface area contributed by atoms with Gasteiger partial charge in [-0.3, -0.25) is 11.1 Å². The van der Waals surface area contributed by atoms with Crippen molar-refractivity contribution < 1.29 is 75.2 Å². The number of allylic oxidation sites excluding steroid dienone is 2. The molecule has 0 atom stereocenters. The summed E-state index contributed by atoms with van der Waals surface area (Å²) in [5.74, 6) is 2.66. The van der Waals surface area contributed by atoms with Gasteiger partial charge in [0.15, 0.2) is 5.78 Å². The zero-order valence-electron chi connectivity index (χ0n) is 15.2.